The van der Waals surface area contributed by atoms with Crippen LogP contribution in [0.15, 0.2) is 48.7 Å². The first-order valence-corrected chi connectivity index (χ1v) is 9.77. The van der Waals surface area contributed by atoms with Gasteiger partial charge >= 0.3 is 6.18 Å². The number of benzene rings is 2. The molecule has 0 saturated heterocycles. The first-order valence-electron chi connectivity index (χ1n) is 9.77. The second-order valence-electron chi connectivity index (χ2n) is 7.21. The summed E-state index contributed by atoms with van der Waals surface area (Å²) in [5, 5.41) is 4.21. The van der Waals surface area contributed by atoms with Gasteiger partial charge in [-0.1, -0.05) is 12.1 Å². The molecule has 4 N–H and O–H groups in total. The molecule has 31 heavy (non-hydrogen) atoms. The molecule has 0 aliphatic carbocycles. The van der Waals surface area contributed by atoms with Gasteiger partial charge in [0.2, 0.25) is 0 Å². The number of alkyl halides is 3. The average Bonchev–Trinajstić information content (AvgIpc) is 3.17. The molecule has 0 fully saturated rings. The number of hydrogen-bond donors (Lipinski definition) is 3. The molecule has 0 aliphatic heterocycles. The van der Waals surface area contributed by atoms with Crippen LogP contribution in [-0.2, 0) is 6.42 Å². The van der Waals surface area contributed by atoms with Gasteiger partial charge in [0.25, 0.3) is 5.91 Å². The zero-order chi connectivity index (χ0) is 22.4. The first-order chi connectivity index (χ1) is 14.7. The van der Waals surface area contributed by atoms with Crippen LogP contribution in [-0.4, -0.2) is 42.9 Å². The number of hydrogen-bond acceptors (Lipinski definition) is 4. The van der Waals surface area contributed by atoms with Crippen LogP contribution >= 0.6 is 0 Å². The lowest BCUT2D eigenvalue weighted by molar-refractivity contribution is -0.153. The number of rotatable bonds is 10. The number of primary amides is 1. The third-order valence-corrected chi connectivity index (χ3v) is 4.62. The fourth-order valence-electron chi connectivity index (χ4n) is 3.29. The highest BCUT2D eigenvalue weighted by molar-refractivity contribution is 6.05. The number of aromatic amines is 1. The zero-order valence-corrected chi connectivity index (χ0v) is 17.0. The Hall–Kier alpha value is -3.20. The van der Waals surface area contributed by atoms with Crippen molar-refractivity contribution < 1.29 is 27.4 Å². The van der Waals surface area contributed by atoms with Crippen molar-refractivity contribution in [3.05, 3.63) is 59.8 Å². The highest BCUT2D eigenvalue weighted by Gasteiger charge is 2.29. The second kappa shape index (κ2) is 9.74. The van der Waals surface area contributed by atoms with E-state index in [9.17, 15) is 18.0 Å². The summed E-state index contributed by atoms with van der Waals surface area (Å²) in [5.41, 5.74) is 7.62. The molecule has 3 aromatic rings. The Balaban J connectivity index is 1.51. The molecule has 0 aliphatic rings. The molecular formula is C22H24F3N3O3. The van der Waals surface area contributed by atoms with E-state index in [0.29, 0.717) is 18.5 Å². The Morgan fingerprint density at radius 3 is 2.55 bits per heavy atom. The molecule has 1 aromatic heterocycles. The van der Waals surface area contributed by atoms with E-state index >= 15 is 0 Å². The predicted molar refractivity (Wildman–Crippen MR) is 111 cm³/mol. The summed E-state index contributed by atoms with van der Waals surface area (Å²) < 4.78 is 47.5. The standard InChI is InChI=1S/C22H24F3N3O3/c1-14(10-15-11-16-6-7-28-20(16)17(12-15)21(26)29)27-8-9-30-18-4-2-3-5-19(18)31-13-22(23,24)25/h2-7,11-12,14,27-28H,8-10,13H2,1H3,(H2,26,29)/t14-/m1/s1. The number of H-pyrrole nitrogens is 1. The number of carbonyl (C=O) groups excluding carboxylic acids is 1. The number of aromatic nitrogens is 1. The molecule has 166 valence electrons. The Morgan fingerprint density at radius 2 is 1.87 bits per heavy atom. The van der Waals surface area contributed by atoms with Crippen molar-refractivity contribution in [2.75, 3.05) is 19.8 Å². The van der Waals surface area contributed by atoms with E-state index in [1.165, 1.54) is 6.07 Å². The number of ether oxygens (including phenoxy) is 2. The maximum absolute atomic E-state index is 12.4. The average molecular weight is 435 g/mol. The molecule has 0 saturated carbocycles. The fraction of sp³-hybridized carbons (Fsp3) is 0.318. The van der Waals surface area contributed by atoms with E-state index in [1.807, 2.05) is 19.1 Å². The lowest BCUT2D eigenvalue weighted by Crippen LogP contribution is -2.32. The number of nitrogens with two attached hydrogens (primary N) is 1. The number of halogens is 3. The molecule has 6 nitrogen and oxygen atoms in total. The molecule has 0 bridgehead atoms. The van der Waals surface area contributed by atoms with Crippen molar-refractivity contribution >= 4 is 16.8 Å². The summed E-state index contributed by atoms with van der Waals surface area (Å²) in [6.45, 7) is 1.34. The molecule has 3 rings (SSSR count). The predicted octanol–water partition coefficient (Wildman–Crippen LogP) is 3.81. The van der Waals surface area contributed by atoms with Gasteiger partial charge in [0.05, 0.1) is 11.1 Å². The van der Waals surface area contributed by atoms with Crippen molar-refractivity contribution in [1.29, 1.82) is 0 Å². The van der Waals surface area contributed by atoms with Gasteiger partial charge in [-0.15, -0.1) is 0 Å². The number of nitrogens with one attached hydrogen (secondary N) is 2. The summed E-state index contributed by atoms with van der Waals surface area (Å²) in [5.74, 6) is -0.188. The molecule has 1 heterocycles. The van der Waals surface area contributed by atoms with Crippen LogP contribution in [0.25, 0.3) is 10.9 Å². The summed E-state index contributed by atoms with van der Waals surface area (Å²) in [7, 11) is 0. The maximum Gasteiger partial charge on any atom is 0.422 e. The van der Waals surface area contributed by atoms with Crippen molar-refractivity contribution in [2.45, 2.75) is 25.6 Å². The van der Waals surface area contributed by atoms with Crippen LogP contribution in [0.4, 0.5) is 13.2 Å². The molecule has 1 amide bonds. The highest BCUT2D eigenvalue weighted by atomic mass is 19.4. The van der Waals surface area contributed by atoms with E-state index in [4.69, 9.17) is 15.2 Å². The largest absolute Gasteiger partial charge is 0.488 e. The molecule has 0 spiro atoms. The smallest absolute Gasteiger partial charge is 0.422 e. The zero-order valence-electron chi connectivity index (χ0n) is 17.0. The lowest BCUT2D eigenvalue weighted by atomic mass is 10.0. The number of amides is 1. The Morgan fingerprint density at radius 1 is 1.16 bits per heavy atom. The maximum atomic E-state index is 12.4. The quantitative estimate of drug-likeness (QED) is 0.423. The van der Waals surface area contributed by atoms with Crippen LogP contribution in [0.2, 0.25) is 0 Å². The van der Waals surface area contributed by atoms with Crippen LogP contribution in [0.5, 0.6) is 11.5 Å². The van der Waals surface area contributed by atoms with Crippen molar-refractivity contribution in [2.24, 2.45) is 5.73 Å². The van der Waals surface area contributed by atoms with Gasteiger partial charge in [-0.05, 0) is 49.2 Å². The highest BCUT2D eigenvalue weighted by Crippen LogP contribution is 2.28. The van der Waals surface area contributed by atoms with Gasteiger partial charge < -0.3 is 25.5 Å². The third kappa shape index (κ3) is 6.39. The number of fused-ring (bicyclic) bond motifs is 1. The van der Waals surface area contributed by atoms with Crippen molar-refractivity contribution in [3.63, 3.8) is 0 Å². The minimum Gasteiger partial charge on any atom is -0.488 e. The normalized spacial score (nSPS) is 12.6. The molecular weight excluding hydrogens is 411 g/mol. The van der Waals surface area contributed by atoms with Crippen LogP contribution in [0, 0.1) is 0 Å². The fourth-order valence-corrected chi connectivity index (χ4v) is 3.29. The SMILES string of the molecule is C[C@H](Cc1cc(C(N)=O)c2[nH]ccc2c1)NCCOc1ccccc1OCC(F)(F)F. The van der Waals surface area contributed by atoms with Gasteiger partial charge in [0.1, 0.15) is 6.61 Å². The second-order valence-corrected chi connectivity index (χ2v) is 7.21. The minimum absolute atomic E-state index is 0.0478. The number of para-hydroxylation sites is 2. The Labute approximate surface area is 177 Å². The Bertz CT molecular complexity index is 1030. The van der Waals surface area contributed by atoms with Gasteiger partial charge in [0, 0.05) is 24.2 Å². The minimum atomic E-state index is -4.41. The first kappa shape index (κ1) is 22.5. The monoisotopic (exact) mass is 435 g/mol. The topological polar surface area (TPSA) is 89.4 Å². The van der Waals surface area contributed by atoms with Gasteiger partial charge in [-0.3, -0.25) is 4.79 Å². The Kier molecular flexibility index (Phi) is 7.06. The lowest BCUT2D eigenvalue weighted by Gasteiger charge is -2.16. The number of carbonyl (C=O) groups is 1. The molecule has 0 radical (unpaired) electrons. The van der Waals surface area contributed by atoms with E-state index in [0.717, 1.165) is 16.5 Å². The third-order valence-electron chi connectivity index (χ3n) is 4.62. The van der Waals surface area contributed by atoms with Crippen LogP contribution in [0.1, 0.15) is 22.8 Å². The summed E-state index contributed by atoms with van der Waals surface area (Å²) in [6, 6.07) is 12.0. The van der Waals surface area contributed by atoms with E-state index in [2.05, 4.69) is 10.3 Å². The van der Waals surface area contributed by atoms with E-state index in [1.54, 1.807) is 30.5 Å². The molecule has 1 atom stereocenters. The summed E-state index contributed by atoms with van der Waals surface area (Å²) in [6.07, 6.45) is -2.00. The van der Waals surface area contributed by atoms with E-state index < -0.39 is 18.7 Å². The summed E-state index contributed by atoms with van der Waals surface area (Å²) >= 11 is 0. The van der Waals surface area contributed by atoms with Crippen LogP contribution < -0.4 is 20.5 Å². The van der Waals surface area contributed by atoms with Gasteiger partial charge in [-0.2, -0.15) is 13.2 Å². The molecule has 2 aromatic carbocycles. The molecule has 9 heteroatoms. The summed E-state index contributed by atoms with van der Waals surface area (Å²) in [4.78, 5) is 14.7. The molecule has 0 unspecified atom stereocenters. The van der Waals surface area contributed by atoms with Crippen molar-refractivity contribution in [1.82, 2.24) is 10.3 Å². The van der Waals surface area contributed by atoms with Gasteiger partial charge in [-0.25, -0.2) is 0 Å². The van der Waals surface area contributed by atoms with Crippen molar-refractivity contribution in [3.8, 4) is 11.5 Å². The van der Waals surface area contributed by atoms with Crippen LogP contribution in [0.3, 0.4) is 0 Å². The van der Waals surface area contributed by atoms with E-state index in [-0.39, 0.29) is 24.1 Å². The van der Waals surface area contributed by atoms with Gasteiger partial charge in [0.15, 0.2) is 18.1 Å².